The second-order valence-corrected chi connectivity index (χ2v) is 7.71. The highest BCUT2D eigenvalue weighted by Gasteiger charge is 2.42. The Morgan fingerprint density at radius 2 is 1.55 bits per heavy atom. The first-order valence-corrected chi connectivity index (χ1v) is 10.4. The molecule has 1 aliphatic heterocycles. The van der Waals surface area contributed by atoms with E-state index in [4.69, 9.17) is 0 Å². The fraction of sp³-hybridized carbons (Fsp3) is 0.0769. The molecule has 33 heavy (non-hydrogen) atoms. The van der Waals surface area contributed by atoms with Gasteiger partial charge in [-0.05, 0) is 29.8 Å². The van der Waals surface area contributed by atoms with E-state index >= 15 is 0 Å². The summed E-state index contributed by atoms with van der Waals surface area (Å²) in [6.07, 6.45) is 0.142. The number of nitriles is 1. The Hall–Kier alpha value is -4.70. The Balaban J connectivity index is 1.64. The first-order valence-electron chi connectivity index (χ1n) is 10.4. The van der Waals surface area contributed by atoms with Crippen LogP contribution >= 0.6 is 0 Å². The van der Waals surface area contributed by atoms with Gasteiger partial charge in [0.05, 0.1) is 22.2 Å². The fourth-order valence-electron chi connectivity index (χ4n) is 4.11. The molecule has 1 atom stereocenters. The number of imidazole rings is 1. The summed E-state index contributed by atoms with van der Waals surface area (Å²) in [5.74, 6) is -1.24. The summed E-state index contributed by atoms with van der Waals surface area (Å²) in [4.78, 5) is 34.9. The van der Waals surface area contributed by atoms with Crippen LogP contribution in [0.5, 0.6) is 0 Å². The van der Waals surface area contributed by atoms with Gasteiger partial charge in [-0.15, -0.1) is 0 Å². The van der Waals surface area contributed by atoms with Crippen molar-refractivity contribution >= 4 is 28.4 Å². The van der Waals surface area contributed by atoms with Crippen molar-refractivity contribution in [2.45, 2.75) is 12.5 Å². The summed E-state index contributed by atoms with van der Waals surface area (Å²) in [6.45, 7) is 0. The van der Waals surface area contributed by atoms with Crippen LogP contribution < -0.4 is 0 Å². The molecule has 0 saturated carbocycles. The number of carbonyl (C=O) groups is 2. The second-order valence-electron chi connectivity index (χ2n) is 7.71. The highest BCUT2D eigenvalue weighted by atomic mass is 16.3. The van der Waals surface area contributed by atoms with E-state index in [1.807, 2.05) is 54.6 Å². The number of imide groups is 1. The molecule has 1 aromatic heterocycles. The lowest BCUT2D eigenvalue weighted by molar-refractivity contribution is 0.0576. The molecular formula is C26H18N4O3. The summed E-state index contributed by atoms with van der Waals surface area (Å²) < 4.78 is 0. The number of hydrogen-bond acceptors (Lipinski definition) is 5. The molecule has 0 saturated heterocycles. The molecule has 2 N–H and O–H groups in total. The molecule has 2 heterocycles. The minimum atomic E-state index is -1.08. The van der Waals surface area contributed by atoms with Gasteiger partial charge in [0, 0.05) is 6.42 Å². The fourth-order valence-corrected chi connectivity index (χ4v) is 4.11. The van der Waals surface area contributed by atoms with Crippen molar-refractivity contribution < 1.29 is 14.7 Å². The molecule has 3 aromatic carbocycles. The summed E-state index contributed by atoms with van der Waals surface area (Å²) in [5.41, 5.74) is 2.56. The van der Waals surface area contributed by atoms with Gasteiger partial charge >= 0.3 is 0 Å². The third-order valence-corrected chi connectivity index (χ3v) is 5.72. The number of amides is 2. The Morgan fingerprint density at radius 3 is 2.18 bits per heavy atom. The molecule has 0 radical (unpaired) electrons. The van der Waals surface area contributed by atoms with Crippen molar-refractivity contribution in [3.8, 4) is 6.07 Å². The first kappa shape index (κ1) is 20.2. The van der Waals surface area contributed by atoms with E-state index in [9.17, 15) is 20.0 Å². The number of aromatic amines is 1. The lowest BCUT2D eigenvalue weighted by Gasteiger charge is -2.26. The smallest absolute Gasteiger partial charge is 0.262 e. The number of nitrogens with one attached hydrogen (secondary N) is 1. The van der Waals surface area contributed by atoms with Crippen LogP contribution in [-0.2, 0) is 6.42 Å². The number of allylic oxidation sites excluding steroid dienone is 1. The Morgan fingerprint density at radius 1 is 0.939 bits per heavy atom. The topological polar surface area (TPSA) is 110 Å². The molecule has 0 aliphatic carbocycles. The number of benzene rings is 3. The Kier molecular flexibility index (Phi) is 4.96. The maximum atomic E-state index is 13.2. The third kappa shape index (κ3) is 3.44. The zero-order valence-electron chi connectivity index (χ0n) is 17.4. The second kappa shape index (κ2) is 8.09. The standard InChI is InChI=1S/C26H18N4O3/c27-15-19(24-28-20-12-6-7-13-21(20)29-24)23(31)22(14-16-8-2-1-3-9-16)30-25(32)17-10-4-5-11-18(17)26(30)33/h1-13,22,31H,14H2,(H,28,29)/b23-19-. The molecule has 4 aromatic rings. The Labute approximate surface area is 189 Å². The number of nitrogens with zero attached hydrogens (tertiary/aromatic N) is 3. The van der Waals surface area contributed by atoms with Gasteiger partial charge < -0.3 is 10.1 Å². The third-order valence-electron chi connectivity index (χ3n) is 5.72. The summed E-state index contributed by atoms with van der Waals surface area (Å²) >= 11 is 0. The number of fused-ring (bicyclic) bond motifs is 2. The average molecular weight is 434 g/mol. The van der Waals surface area contributed by atoms with E-state index in [1.54, 1.807) is 30.3 Å². The number of carbonyl (C=O) groups excluding carboxylic acids is 2. The monoisotopic (exact) mass is 434 g/mol. The quantitative estimate of drug-likeness (QED) is 0.277. The van der Waals surface area contributed by atoms with Crippen molar-refractivity contribution in [3.63, 3.8) is 0 Å². The van der Waals surface area contributed by atoms with Crippen molar-refractivity contribution in [1.82, 2.24) is 14.9 Å². The lowest BCUT2D eigenvalue weighted by Crippen LogP contribution is -2.43. The van der Waals surface area contributed by atoms with E-state index in [2.05, 4.69) is 9.97 Å². The van der Waals surface area contributed by atoms with Crippen LogP contribution in [0.2, 0.25) is 0 Å². The van der Waals surface area contributed by atoms with E-state index in [-0.39, 0.29) is 28.9 Å². The van der Waals surface area contributed by atoms with Gasteiger partial charge in [-0.25, -0.2) is 4.98 Å². The lowest BCUT2D eigenvalue weighted by atomic mass is 9.99. The summed E-state index contributed by atoms with van der Waals surface area (Å²) in [6, 6.07) is 23.9. The number of hydrogen-bond donors (Lipinski definition) is 2. The van der Waals surface area contributed by atoms with Crippen molar-refractivity contribution in [1.29, 1.82) is 5.26 Å². The molecular weight excluding hydrogens is 416 g/mol. The largest absolute Gasteiger partial charge is 0.509 e. The number of para-hydroxylation sites is 2. The minimum absolute atomic E-state index is 0.122. The van der Waals surface area contributed by atoms with Gasteiger partial charge in [-0.3, -0.25) is 14.5 Å². The molecule has 2 amide bonds. The van der Waals surface area contributed by atoms with Gasteiger partial charge in [-0.1, -0.05) is 54.6 Å². The SMILES string of the molecule is N#C/C(=C(/O)C(Cc1ccccc1)N1C(=O)c2ccccc2C1=O)c1nc2ccccc2[nH]1. The maximum absolute atomic E-state index is 13.2. The van der Waals surface area contributed by atoms with Gasteiger partial charge in [0.2, 0.25) is 0 Å². The molecule has 7 heteroatoms. The van der Waals surface area contributed by atoms with Crippen molar-refractivity contribution in [2.75, 3.05) is 0 Å². The van der Waals surface area contributed by atoms with E-state index in [0.29, 0.717) is 11.0 Å². The molecule has 1 aliphatic rings. The first-order chi connectivity index (χ1) is 16.1. The molecule has 0 fully saturated rings. The van der Waals surface area contributed by atoms with Gasteiger partial charge in [0.1, 0.15) is 23.4 Å². The maximum Gasteiger partial charge on any atom is 0.262 e. The predicted molar refractivity (Wildman–Crippen MR) is 122 cm³/mol. The van der Waals surface area contributed by atoms with Crippen LogP contribution in [0.1, 0.15) is 32.1 Å². The van der Waals surface area contributed by atoms with E-state index in [1.165, 1.54) is 0 Å². The summed E-state index contributed by atoms with van der Waals surface area (Å²) in [5, 5.41) is 21.3. The van der Waals surface area contributed by atoms with Gasteiger partial charge in [-0.2, -0.15) is 5.26 Å². The van der Waals surface area contributed by atoms with Gasteiger partial charge in [0.25, 0.3) is 11.8 Å². The van der Waals surface area contributed by atoms with Gasteiger partial charge in [0.15, 0.2) is 5.82 Å². The van der Waals surface area contributed by atoms with Crippen LogP contribution in [0, 0.1) is 11.3 Å². The van der Waals surface area contributed by atoms with E-state index in [0.717, 1.165) is 10.5 Å². The van der Waals surface area contributed by atoms with Crippen LogP contribution in [-0.4, -0.2) is 37.8 Å². The van der Waals surface area contributed by atoms with Crippen LogP contribution in [0.4, 0.5) is 0 Å². The number of rotatable bonds is 5. The molecule has 160 valence electrons. The number of aliphatic hydroxyl groups excluding tert-OH is 1. The van der Waals surface area contributed by atoms with Crippen molar-refractivity contribution in [3.05, 3.63) is 107 Å². The highest BCUT2D eigenvalue weighted by Crippen LogP contribution is 2.31. The van der Waals surface area contributed by atoms with E-state index < -0.39 is 23.6 Å². The highest BCUT2D eigenvalue weighted by molar-refractivity contribution is 6.21. The van der Waals surface area contributed by atoms with Crippen LogP contribution in [0.25, 0.3) is 16.6 Å². The van der Waals surface area contributed by atoms with Crippen LogP contribution in [0.3, 0.4) is 0 Å². The number of aliphatic hydroxyl groups is 1. The normalized spacial score (nSPS) is 14.7. The Bertz CT molecular complexity index is 1400. The average Bonchev–Trinajstić information content (AvgIpc) is 3.38. The molecule has 0 spiro atoms. The molecule has 7 nitrogen and oxygen atoms in total. The van der Waals surface area contributed by atoms with Crippen molar-refractivity contribution in [2.24, 2.45) is 0 Å². The zero-order valence-corrected chi connectivity index (χ0v) is 17.4. The molecule has 0 bridgehead atoms. The molecule has 5 rings (SSSR count). The summed E-state index contributed by atoms with van der Waals surface area (Å²) in [7, 11) is 0. The molecule has 1 unspecified atom stereocenters. The zero-order chi connectivity index (χ0) is 22.9. The predicted octanol–water partition coefficient (Wildman–Crippen LogP) is 4.26. The number of H-pyrrole nitrogens is 1. The minimum Gasteiger partial charge on any atom is -0.509 e. The number of aromatic nitrogens is 2. The van der Waals surface area contributed by atoms with Crippen LogP contribution in [0.15, 0.2) is 84.6 Å².